The van der Waals surface area contributed by atoms with Gasteiger partial charge in [0.15, 0.2) is 5.75 Å². The molecular formula is C14H18ClNO3. The number of ether oxygens (including phenoxy) is 1. The van der Waals surface area contributed by atoms with Crippen molar-refractivity contribution >= 4 is 17.3 Å². The van der Waals surface area contributed by atoms with E-state index in [9.17, 15) is 10.1 Å². The quantitative estimate of drug-likeness (QED) is 0.608. The summed E-state index contributed by atoms with van der Waals surface area (Å²) in [5.74, 6) is 1.46. The summed E-state index contributed by atoms with van der Waals surface area (Å²) in [6, 6.07) is 4.81. The normalized spacial score (nSPS) is 27.0. The van der Waals surface area contributed by atoms with Gasteiger partial charge in [0.1, 0.15) is 5.02 Å². The van der Waals surface area contributed by atoms with E-state index in [1.165, 1.54) is 12.5 Å². The first-order chi connectivity index (χ1) is 8.97. The van der Waals surface area contributed by atoms with Crippen molar-refractivity contribution in [2.75, 3.05) is 0 Å². The summed E-state index contributed by atoms with van der Waals surface area (Å²) in [5, 5.41) is 11.2. The van der Waals surface area contributed by atoms with Crippen molar-refractivity contribution < 1.29 is 9.66 Å². The lowest BCUT2D eigenvalue weighted by atomic mass is 9.82. The second-order valence-corrected chi connectivity index (χ2v) is 5.91. The number of nitro groups is 1. The van der Waals surface area contributed by atoms with Gasteiger partial charge in [-0.1, -0.05) is 31.5 Å². The topological polar surface area (TPSA) is 52.4 Å². The molecule has 1 aromatic carbocycles. The largest absolute Gasteiger partial charge is 0.483 e. The Bertz CT molecular complexity index is 468. The Morgan fingerprint density at radius 3 is 2.47 bits per heavy atom. The molecule has 4 nitrogen and oxygen atoms in total. The fourth-order valence-electron chi connectivity index (χ4n) is 2.92. The van der Waals surface area contributed by atoms with Crippen LogP contribution in [0.15, 0.2) is 18.2 Å². The summed E-state index contributed by atoms with van der Waals surface area (Å²) < 4.78 is 5.84. The predicted octanol–water partition coefficient (Wildman–Crippen LogP) is 4.45. The van der Waals surface area contributed by atoms with E-state index < -0.39 is 4.92 Å². The zero-order valence-corrected chi connectivity index (χ0v) is 11.9. The Morgan fingerprint density at radius 2 is 1.89 bits per heavy atom. The van der Waals surface area contributed by atoms with Crippen LogP contribution in [0.5, 0.6) is 5.75 Å². The van der Waals surface area contributed by atoms with Crippen molar-refractivity contribution in [1.82, 2.24) is 0 Å². The van der Waals surface area contributed by atoms with Gasteiger partial charge in [-0.15, -0.1) is 0 Å². The van der Waals surface area contributed by atoms with Crippen LogP contribution in [0, 0.1) is 22.0 Å². The molecular weight excluding hydrogens is 266 g/mol. The van der Waals surface area contributed by atoms with E-state index in [1.54, 1.807) is 12.1 Å². The van der Waals surface area contributed by atoms with Gasteiger partial charge in [-0.25, -0.2) is 0 Å². The molecule has 1 aliphatic carbocycles. The van der Waals surface area contributed by atoms with Gasteiger partial charge in [0.05, 0.1) is 11.0 Å². The maximum atomic E-state index is 11.1. The van der Waals surface area contributed by atoms with Crippen LogP contribution in [0.1, 0.15) is 33.1 Å². The summed E-state index contributed by atoms with van der Waals surface area (Å²) in [7, 11) is 0. The van der Waals surface area contributed by atoms with E-state index in [0.717, 1.165) is 12.8 Å². The lowest BCUT2D eigenvalue weighted by molar-refractivity contribution is -0.386. The van der Waals surface area contributed by atoms with Crippen molar-refractivity contribution in [3.63, 3.8) is 0 Å². The molecule has 0 amide bonds. The van der Waals surface area contributed by atoms with Crippen LogP contribution in [0.25, 0.3) is 0 Å². The number of hydrogen-bond acceptors (Lipinski definition) is 3. The SMILES string of the molecule is CC1CC(C)CC(Oc2cccc(Cl)c2[N+](=O)[O-])C1. The fraction of sp³-hybridized carbons (Fsp3) is 0.571. The highest BCUT2D eigenvalue weighted by Gasteiger charge is 2.28. The van der Waals surface area contributed by atoms with E-state index >= 15 is 0 Å². The molecule has 2 unspecified atom stereocenters. The first-order valence-corrected chi connectivity index (χ1v) is 6.94. The van der Waals surface area contributed by atoms with Gasteiger partial charge >= 0.3 is 5.69 Å². The number of hydrogen-bond donors (Lipinski definition) is 0. The minimum Gasteiger partial charge on any atom is -0.483 e. The van der Waals surface area contributed by atoms with Crippen LogP contribution in [0.3, 0.4) is 0 Å². The molecule has 2 rings (SSSR count). The van der Waals surface area contributed by atoms with Crippen molar-refractivity contribution in [1.29, 1.82) is 0 Å². The van der Waals surface area contributed by atoms with Crippen LogP contribution in [0.4, 0.5) is 5.69 Å². The molecule has 0 heterocycles. The smallest absolute Gasteiger partial charge is 0.329 e. The van der Waals surface area contributed by atoms with Gasteiger partial charge in [0.25, 0.3) is 0 Å². The monoisotopic (exact) mass is 283 g/mol. The number of nitro benzene ring substituents is 1. The van der Waals surface area contributed by atoms with E-state index in [2.05, 4.69) is 13.8 Å². The molecule has 1 aromatic rings. The zero-order valence-electron chi connectivity index (χ0n) is 11.1. The lowest BCUT2D eigenvalue weighted by Crippen LogP contribution is -2.28. The lowest BCUT2D eigenvalue weighted by Gasteiger charge is -2.31. The zero-order chi connectivity index (χ0) is 14.0. The van der Waals surface area contributed by atoms with Crippen LogP contribution < -0.4 is 4.74 Å². The summed E-state index contributed by atoms with van der Waals surface area (Å²) in [5.41, 5.74) is -0.130. The molecule has 19 heavy (non-hydrogen) atoms. The Balaban J connectivity index is 2.19. The highest BCUT2D eigenvalue weighted by atomic mass is 35.5. The summed E-state index contributed by atoms with van der Waals surface area (Å²) in [6.07, 6.45) is 3.11. The Labute approximate surface area is 117 Å². The van der Waals surface area contributed by atoms with Crippen LogP contribution >= 0.6 is 11.6 Å². The highest BCUT2D eigenvalue weighted by Crippen LogP contribution is 2.37. The number of nitrogens with zero attached hydrogens (tertiary/aromatic N) is 1. The molecule has 104 valence electrons. The Morgan fingerprint density at radius 1 is 1.26 bits per heavy atom. The standard InChI is InChI=1S/C14H18ClNO3/c1-9-6-10(2)8-11(7-9)19-13-5-3-4-12(15)14(13)16(17)18/h3-5,9-11H,6-8H2,1-2H3. The van der Waals surface area contributed by atoms with E-state index in [0.29, 0.717) is 11.8 Å². The first-order valence-electron chi connectivity index (χ1n) is 6.57. The molecule has 1 fully saturated rings. The first kappa shape index (κ1) is 14.1. The number of para-hydroxylation sites is 1. The molecule has 0 aliphatic heterocycles. The minimum absolute atomic E-state index is 0.0379. The number of halogens is 1. The average Bonchev–Trinajstić information content (AvgIpc) is 2.26. The van der Waals surface area contributed by atoms with E-state index in [1.807, 2.05) is 0 Å². The minimum atomic E-state index is -0.479. The predicted molar refractivity (Wildman–Crippen MR) is 74.7 cm³/mol. The third kappa shape index (κ3) is 3.38. The second-order valence-electron chi connectivity index (χ2n) is 5.50. The third-order valence-electron chi connectivity index (χ3n) is 3.56. The molecule has 2 atom stereocenters. The van der Waals surface area contributed by atoms with Gasteiger partial charge in [0, 0.05) is 0 Å². The number of rotatable bonds is 3. The van der Waals surface area contributed by atoms with Gasteiger partial charge < -0.3 is 4.74 Å². The van der Waals surface area contributed by atoms with E-state index in [4.69, 9.17) is 16.3 Å². The van der Waals surface area contributed by atoms with Gasteiger partial charge in [-0.05, 0) is 43.2 Å². The molecule has 1 aliphatic rings. The van der Waals surface area contributed by atoms with Gasteiger partial charge in [-0.3, -0.25) is 10.1 Å². The van der Waals surface area contributed by atoms with Crippen molar-refractivity contribution in [2.45, 2.75) is 39.2 Å². The Hall–Kier alpha value is -1.29. The maximum absolute atomic E-state index is 11.1. The summed E-state index contributed by atoms with van der Waals surface area (Å²) >= 11 is 5.88. The molecule has 0 radical (unpaired) electrons. The van der Waals surface area contributed by atoms with Crippen LogP contribution in [-0.4, -0.2) is 11.0 Å². The van der Waals surface area contributed by atoms with Crippen LogP contribution in [0.2, 0.25) is 5.02 Å². The Kier molecular flexibility index (Phi) is 4.30. The molecule has 0 bridgehead atoms. The molecule has 0 aromatic heterocycles. The molecule has 5 heteroatoms. The average molecular weight is 284 g/mol. The van der Waals surface area contributed by atoms with Crippen LogP contribution in [-0.2, 0) is 0 Å². The van der Waals surface area contributed by atoms with Gasteiger partial charge in [0.2, 0.25) is 0 Å². The second kappa shape index (κ2) is 5.78. The maximum Gasteiger partial charge on any atom is 0.329 e. The number of benzene rings is 1. The van der Waals surface area contributed by atoms with Crippen molar-refractivity contribution in [3.8, 4) is 5.75 Å². The summed E-state index contributed by atoms with van der Waals surface area (Å²) in [4.78, 5) is 10.6. The molecule has 0 N–H and O–H groups in total. The fourth-order valence-corrected chi connectivity index (χ4v) is 3.15. The van der Waals surface area contributed by atoms with Gasteiger partial charge in [-0.2, -0.15) is 0 Å². The van der Waals surface area contributed by atoms with Crippen molar-refractivity contribution in [2.24, 2.45) is 11.8 Å². The summed E-state index contributed by atoms with van der Waals surface area (Å²) in [6.45, 7) is 4.39. The van der Waals surface area contributed by atoms with Crippen molar-refractivity contribution in [3.05, 3.63) is 33.3 Å². The third-order valence-corrected chi connectivity index (χ3v) is 3.87. The molecule has 0 spiro atoms. The molecule has 1 saturated carbocycles. The van der Waals surface area contributed by atoms with E-state index in [-0.39, 0.29) is 22.6 Å². The highest BCUT2D eigenvalue weighted by molar-refractivity contribution is 6.32. The molecule has 0 saturated heterocycles.